The van der Waals surface area contributed by atoms with E-state index in [0.29, 0.717) is 11.8 Å². The summed E-state index contributed by atoms with van der Waals surface area (Å²) in [6.07, 6.45) is 16.3. The summed E-state index contributed by atoms with van der Waals surface area (Å²) in [5.41, 5.74) is 31.4. The Morgan fingerprint density at radius 1 is 0.330 bits per heavy atom. The normalized spacial score (nSPS) is 11.9. The van der Waals surface area contributed by atoms with Gasteiger partial charge in [-0.25, -0.2) is 18.3 Å². The zero-order chi connectivity index (χ0) is 66.3. The van der Waals surface area contributed by atoms with E-state index in [0.717, 1.165) is 18.8 Å². The molecule has 0 saturated heterocycles. The van der Waals surface area contributed by atoms with Gasteiger partial charge in [-0.1, -0.05) is 217 Å². The Hall–Kier alpha value is -9.64. The molecule has 12 aromatic rings. The average Bonchev–Trinajstić information content (AvgIpc) is 1.04. The number of rotatable bonds is 13. The van der Waals surface area contributed by atoms with Crippen molar-refractivity contribution in [2.45, 2.75) is 113 Å². The molecule has 4 heteroatoms. The predicted molar refractivity (Wildman–Crippen MR) is 396 cm³/mol. The molecular formula is C90H98N4+4. The molecule has 0 aliphatic heterocycles. The molecule has 1 aliphatic rings. The van der Waals surface area contributed by atoms with Gasteiger partial charge in [-0.15, -0.1) is 0 Å². The lowest BCUT2D eigenvalue weighted by Crippen LogP contribution is -2.30. The van der Waals surface area contributed by atoms with E-state index in [1.54, 1.807) is 0 Å². The van der Waals surface area contributed by atoms with Crippen molar-refractivity contribution in [2.24, 2.45) is 34.1 Å². The second-order valence-electron chi connectivity index (χ2n) is 26.6. The van der Waals surface area contributed by atoms with Crippen molar-refractivity contribution in [2.75, 3.05) is 0 Å². The summed E-state index contributed by atoms with van der Waals surface area (Å²) in [6.45, 7) is 19.9. The second kappa shape index (κ2) is 31.8. The van der Waals surface area contributed by atoms with Crippen molar-refractivity contribution in [3.05, 3.63) is 312 Å². The molecule has 0 amide bonds. The van der Waals surface area contributed by atoms with E-state index in [4.69, 9.17) is 0 Å². The number of aromatic nitrogens is 4. The van der Waals surface area contributed by atoms with Crippen molar-refractivity contribution in [3.63, 3.8) is 0 Å². The van der Waals surface area contributed by atoms with E-state index in [1.165, 1.54) is 160 Å². The van der Waals surface area contributed by atoms with Gasteiger partial charge < -0.3 is 0 Å². The minimum Gasteiger partial charge on any atom is -0.201 e. The highest BCUT2D eigenvalue weighted by molar-refractivity contribution is 5.74. The van der Waals surface area contributed by atoms with Crippen molar-refractivity contribution in [3.8, 4) is 89.5 Å². The molecule has 1 fully saturated rings. The quantitative estimate of drug-likeness (QED) is 0.102. The van der Waals surface area contributed by atoms with Crippen LogP contribution in [-0.4, -0.2) is 0 Å². The fourth-order valence-electron chi connectivity index (χ4n) is 13.1. The average molecular weight is 1240 g/mol. The van der Waals surface area contributed by atoms with Gasteiger partial charge in [0.25, 0.3) is 0 Å². The lowest BCUT2D eigenvalue weighted by Gasteiger charge is -2.12. The number of aryl methyl sites for hydroxylation is 9. The Balaban J connectivity index is 0.000000137. The van der Waals surface area contributed by atoms with Gasteiger partial charge in [0, 0.05) is 70.8 Å². The lowest BCUT2D eigenvalue weighted by molar-refractivity contribution is -0.660. The Labute approximate surface area is 563 Å². The van der Waals surface area contributed by atoms with Crippen LogP contribution in [0.5, 0.6) is 0 Å². The Kier molecular flexibility index (Phi) is 22.7. The van der Waals surface area contributed by atoms with Gasteiger partial charge in [0.2, 0.25) is 22.8 Å². The molecule has 1 saturated carbocycles. The SMILES string of the molecule is CCc1cccc(-c2cc[n+](C)c(-c3ccccc3C)c2)c1.Cc1ccccc1-c1cc(-c2cccc(C(C)C)c2)cc[n+]1C.Cc1ccccc1-c1cc(-c2cccc(C3CCCC3)c2)cc[n+]1C.Cc1ccccc1-c1cc(-c2cccc(CC(C)C)c2)cc[n+]1C. The van der Waals surface area contributed by atoms with Gasteiger partial charge in [0.1, 0.15) is 28.2 Å². The van der Waals surface area contributed by atoms with Crippen LogP contribution >= 0.6 is 0 Å². The molecule has 1 aliphatic carbocycles. The zero-order valence-corrected chi connectivity index (χ0v) is 58.2. The first-order valence-electron chi connectivity index (χ1n) is 34.1. The highest BCUT2D eigenvalue weighted by Gasteiger charge is 2.21. The first kappa shape index (κ1) is 67.3. The molecule has 94 heavy (non-hydrogen) atoms. The molecule has 0 atom stereocenters. The first-order chi connectivity index (χ1) is 45.5. The molecular weight excluding hydrogens is 1140 g/mol. The zero-order valence-electron chi connectivity index (χ0n) is 58.2. The molecule has 8 aromatic carbocycles. The van der Waals surface area contributed by atoms with Crippen molar-refractivity contribution in [1.82, 2.24) is 0 Å². The summed E-state index contributed by atoms with van der Waals surface area (Å²) < 4.78 is 8.80. The molecule has 4 heterocycles. The summed E-state index contributed by atoms with van der Waals surface area (Å²) in [5.74, 6) is 1.98. The third-order valence-corrected chi connectivity index (χ3v) is 18.8. The second-order valence-corrected chi connectivity index (χ2v) is 26.6. The highest BCUT2D eigenvalue weighted by Crippen LogP contribution is 2.37. The lowest BCUT2D eigenvalue weighted by atomic mass is 9.93. The van der Waals surface area contributed by atoms with E-state index in [2.05, 4.69) is 376 Å². The molecule has 4 nitrogen and oxygen atoms in total. The van der Waals surface area contributed by atoms with Crippen LogP contribution in [0, 0.1) is 33.6 Å². The summed E-state index contributed by atoms with van der Waals surface area (Å²) in [6, 6.07) is 88.2. The van der Waals surface area contributed by atoms with Crippen LogP contribution in [-0.2, 0) is 41.0 Å². The van der Waals surface area contributed by atoms with E-state index in [9.17, 15) is 0 Å². The number of benzene rings is 8. The molecule has 0 radical (unpaired) electrons. The van der Waals surface area contributed by atoms with E-state index >= 15 is 0 Å². The Bertz CT molecular complexity index is 4520. The third kappa shape index (κ3) is 16.9. The molecule has 0 bridgehead atoms. The van der Waals surface area contributed by atoms with Gasteiger partial charge in [-0.2, -0.15) is 0 Å². The minimum absolute atomic E-state index is 0.547. The van der Waals surface area contributed by atoms with E-state index < -0.39 is 0 Å². The molecule has 0 N–H and O–H groups in total. The summed E-state index contributed by atoms with van der Waals surface area (Å²) in [4.78, 5) is 0. The smallest absolute Gasteiger partial charge is 0.201 e. The number of nitrogens with zero attached hydrogens (tertiary/aromatic N) is 4. The van der Waals surface area contributed by atoms with Gasteiger partial charge in [0.15, 0.2) is 24.8 Å². The number of hydrogen-bond donors (Lipinski definition) is 0. The van der Waals surface area contributed by atoms with Crippen molar-refractivity contribution >= 4 is 0 Å². The fourth-order valence-corrected chi connectivity index (χ4v) is 13.1. The number of hydrogen-bond acceptors (Lipinski definition) is 0. The van der Waals surface area contributed by atoms with E-state index in [1.807, 2.05) is 0 Å². The summed E-state index contributed by atoms with van der Waals surface area (Å²) in [5, 5.41) is 0. The molecule has 13 rings (SSSR count). The molecule has 0 spiro atoms. The first-order valence-corrected chi connectivity index (χ1v) is 34.1. The van der Waals surface area contributed by atoms with Crippen molar-refractivity contribution in [1.29, 1.82) is 0 Å². The van der Waals surface area contributed by atoms with Crippen LogP contribution in [0.1, 0.15) is 117 Å². The molecule has 0 unspecified atom stereocenters. The molecule has 474 valence electrons. The van der Waals surface area contributed by atoms with Gasteiger partial charge in [-0.05, 0) is 184 Å². The maximum absolute atomic E-state index is 2.41. The summed E-state index contributed by atoms with van der Waals surface area (Å²) >= 11 is 0. The third-order valence-electron chi connectivity index (χ3n) is 18.8. The highest BCUT2D eigenvalue weighted by atomic mass is 14.9. The van der Waals surface area contributed by atoms with Gasteiger partial charge in [0.05, 0.1) is 0 Å². The Morgan fingerprint density at radius 2 is 0.649 bits per heavy atom. The summed E-state index contributed by atoms with van der Waals surface area (Å²) in [7, 11) is 8.45. The topological polar surface area (TPSA) is 15.5 Å². The maximum atomic E-state index is 2.41. The Morgan fingerprint density at radius 3 is 1.01 bits per heavy atom. The van der Waals surface area contributed by atoms with Crippen LogP contribution in [0.3, 0.4) is 0 Å². The van der Waals surface area contributed by atoms with Crippen LogP contribution in [0.4, 0.5) is 0 Å². The maximum Gasteiger partial charge on any atom is 0.213 e. The predicted octanol–water partition coefficient (Wildman–Crippen LogP) is 21.2. The van der Waals surface area contributed by atoms with E-state index in [-0.39, 0.29) is 0 Å². The number of pyridine rings is 4. The van der Waals surface area contributed by atoms with Gasteiger partial charge in [-0.3, -0.25) is 0 Å². The van der Waals surface area contributed by atoms with Crippen LogP contribution in [0.25, 0.3) is 89.5 Å². The van der Waals surface area contributed by atoms with Crippen LogP contribution < -0.4 is 18.3 Å². The fraction of sp³-hybridized carbons (Fsp3) is 0.244. The largest absolute Gasteiger partial charge is 0.213 e. The standard InChI is InChI=1S/C24H26N.C23H26N.C22H24N.C21H22N/c1-18-8-3-6-13-23(18)24-17-22(14-15-25(24)2)21-12-7-11-20(16-21)19-9-4-5-10-19;1-17(2)14-19-9-7-10-20(15-19)21-12-13-24(4)23(16-21)22-11-6-5-8-18(22)3;1-16(2)18-9-7-10-19(14-18)20-12-13-23(4)22(15-20)21-11-6-5-8-17(21)3;1-4-17-9-7-10-18(14-17)19-12-13-22(3)21(15-19)20-11-6-5-8-16(20)2/h3,6-8,11-17,19H,4-5,9-10H2,1-2H3;5-13,15-17H,14H2,1-4H3;5-16H,1-4H3;5-15H,4H2,1-3H3/q4*+1. The minimum atomic E-state index is 0.547. The molecule has 4 aromatic heterocycles. The monoisotopic (exact) mass is 1230 g/mol. The van der Waals surface area contributed by atoms with Crippen molar-refractivity contribution < 1.29 is 18.3 Å². The van der Waals surface area contributed by atoms with Crippen LogP contribution in [0.2, 0.25) is 0 Å². The van der Waals surface area contributed by atoms with Crippen LogP contribution in [0.15, 0.2) is 267 Å². The van der Waals surface area contributed by atoms with Gasteiger partial charge >= 0.3 is 0 Å².